The number of hydrogen-bond donors (Lipinski definition) is 2. The predicted octanol–water partition coefficient (Wildman–Crippen LogP) is 2.85. The van der Waals surface area contributed by atoms with Crippen molar-refractivity contribution in [3.05, 3.63) is 11.6 Å². The fraction of sp³-hybridized carbons (Fsp3) is 0.842. The van der Waals surface area contributed by atoms with Crippen molar-refractivity contribution in [2.24, 2.45) is 28.6 Å². The van der Waals surface area contributed by atoms with Crippen LogP contribution in [-0.4, -0.2) is 28.2 Å². The molecule has 0 aromatic rings. The fourth-order valence-electron chi connectivity index (χ4n) is 6.50. The number of ketones is 1. The van der Waals surface area contributed by atoms with Gasteiger partial charge >= 0.3 is 0 Å². The first-order valence-corrected chi connectivity index (χ1v) is 8.98. The third-order valence-corrected chi connectivity index (χ3v) is 7.86. The van der Waals surface area contributed by atoms with Gasteiger partial charge in [-0.25, -0.2) is 0 Å². The van der Waals surface area contributed by atoms with E-state index in [-0.39, 0.29) is 22.7 Å². The fourth-order valence-corrected chi connectivity index (χ4v) is 6.50. The molecule has 0 aromatic carbocycles. The Morgan fingerprint density at radius 2 is 1.82 bits per heavy atom. The lowest BCUT2D eigenvalue weighted by atomic mass is 9.47. The van der Waals surface area contributed by atoms with Crippen LogP contribution in [0.5, 0.6) is 0 Å². The minimum Gasteiger partial charge on any atom is -0.393 e. The van der Waals surface area contributed by atoms with Crippen molar-refractivity contribution < 1.29 is 15.0 Å². The quantitative estimate of drug-likeness (QED) is 0.723. The minimum atomic E-state index is -0.439. The van der Waals surface area contributed by atoms with E-state index < -0.39 is 6.10 Å². The van der Waals surface area contributed by atoms with Gasteiger partial charge in [0, 0.05) is 6.42 Å². The number of rotatable bonds is 0. The summed E-state index contributed by atoms with van der Waals surface area (Å²) >= 11 is 0. The molecule has 3 nitrogen and oxygen atoms in total. The molecule has 0 heterocycles. The van der Waals surface area contributed by atoms with Crippen LogP contribution in [0.4, 0.5) is 0 Å². The molecule has 0 aromatic heterocycles. The average molecular weight is 304 g/mol. The van der Waals surface area contributed by atoms with Crippen LogP contribution >= 0.6 is 0 Å². The van der Waals surface area contributed by atoms with Crippen molar-refractivity contribution in [1.82, 2.24) is 0 Å². The second-order valence-electron chi connectivity index (χ2n) is 8.75. The summed E-state index contributed by atoms with van der Waals surface area (Å²) in [6, 6.07) is 0. The van der Waals surface area contributed by atoms with Crippen LogP contribution in [0.15, 0.2) is 11.6 Å². The number of aliphatic hydroxyl groups is 2. The van der Waals surface area contributed by atoms with E-state index >= 15 is 0 Å². The van der Waals surface area contributed by atoms with Crippen molar-refractivity contribution in [1.29, 1.82) is 0 Å². The van der Waals surface area contributed by atoms with E-state index in [9.17, 15) is 15.0 Å². The number of allylic oxidation sites excluding steroid dienone is 1. The third kappa shape index (κ3) is 1.78. The van der Waals surface area contributed by atoms with Gasteiger partial charge in [-0.15, -0.1) is 0 Å². The lowest BCUT2D eigenvalue weighted by molar-refractivity contribution is -0.131. The van der Waals surface area contributed by atoms with Crippen LogP contribution < -0.4 is 0 Å². The van der Waals surface area contributed by atoms with Gasteiger partial charge in [-0.05, 0) is 78.8 Å². The van der Waals surface area contributed by atoms with Gasteiger partial charge in [0.25, 0.3) is 0 Å². The second-order valence-corrected chi connectivity index (χ2v) is 8.75. The topological polar surface area (TPSA) is 57.5 Å². The molecular weight excluding hydrogens is 276 g/mol. The van der Waals surface area contributed by atoms with Crippen LogP contribution in [0.2, 0.25) is 0 Å². The highest BCUT2D eigenvalue weighted by molar-refractivity contribution is 5.98. The zero-order valence-corrected chi connectivity index (χ0v) is 13.7. The molecule has 4 rings (SSSR count). The second kappa shape index (κ2) is 4.67. The summed E-state index contributed by atoms with van der Waals surface area (Å²) < 4.78 is 0. The molecule has 0 unspecified atom stereocenters. The number of aliphatic hydroxyl groups excluding tert-OH is 2. The number of hydrogen-bond acceptors (Lipinski definition) is 3. The molecule has 2 N–H and O–H groups in total. The van der Waals surface area contributed by atoms with Gasteiger partial charge in [0.2, 0.25) is 0 Å². The predicted molar refractivity (Wildman–Crippen MR) is 84.1 cm³/mol. The van der Waals surface area contributed by atoms with E-state index in [4.69, 9.17) is 0 Å². The van der Waals surface area contributed by atoms with Crippen LogP contribution in [0.25, 0.3) is 0 Å². The Bertz CT molecular complexity index is 539. The number of carbonyl (C=O) groups excluding carboxylic acids is 1. The molecule has 22 heavy (non-hydrogen) atoms. The van der Waals surface area contributed by atoms with E-state index in [1.807, 2.05) is 6.08 Å². The van der Waals surface area contributed by atoms with Crippen LogP contribution in [-0.2, 0) is 4.79 Å². The SMILES string of the molecule is C[C@]12CC[C@H]3[C@@H](CC(=O)C4=C[C@@H](O)CC[C@@]43C)[C@@H]1CC[C@@H]2O. The monoisotopic (exact) mass is 304 g/mol. The largest absolute Gasteiger partial charge is 0.393 e. The molecule has 0 saturated heterocycles. The maximum atomic E-state index is 12.8. The van der Waals surface area contributed by atoms with E-state index in [1.165, 1.54) is 0 Å². The summed E-state index contributed by atoms with van der Waals surface area (Å²) in [6.07, 6.45) is 7.73. The standard InChI is InChI=1S/C19H28O3/c1-18-7-5-11(20)9-15(18)16(21)10-12-13-3-4-17(22)19(13,2)8-6-14(12)18/h9,11-14,17,20,22H,3-8,10H2,1-2H3/t11-,12-,13-,14-,17-,18+,19-/m0/s1. The Labute approximate surface area is 132 Å². The molecule has 0 amide bonds. The van der Waals surface area contributed by atoms with Crippen molar-refractivity contribution >= 4 is 5.78 Å². The first-order chi connectivity index (χ1) is 10.4. The normalized spacial score (nSPS) is 54.3. The van der Waals surface area contributed by atoms with Gasteiger partial charge in [0.05, 0.1) is 12.2 Å². The molecule has 0 spiro atoms. The maximum absolute atomic E-state index is 12.8. The molecule has 3 saturated carbocycles. The van der Waals surface area contributed by atoms with E-state index in [1.54, 1.807) is 0 Å². The Balaban J connectivity index is 1.73. The summed E-state index contributed by atoms with van der Waals surface area (Å²) in [6.45, 7) is 4.50. The highest BCUT2D eigenvalue weighted by atomic mass is 16.3. The van der Waals surface area contributed by atoms with Crippen LogP contribution in [0.3, 0.4) is 0 Å². The summed E-state index contributed by atoms with van der Waals surface area (Å²) in [7, 11) is 0. The van der Waals surface area contributed by atoms with E-state index in [0.29, 0.717) is 24.2 Å². The molecule has 3 fully saturated rings. The van der Waals surface area contributed by atoms with Gasteiger partial charge in [-0.2, -0.15) is 0 Å². The van der Waals surface area contributed by atoms with Crippen molar-refractivity contribution in [3.63, 3.8) is 0 Å². The Morgan fingerprint density at radius 1 is 1.05 bits per heavy atom. The number of fused-ring (bicyclic) bond motifs is 5. The molecular formula is C19H28O3. The molecule has 3 heteroatoms. The Hall–Kier alpha value is -0.670. The maximum Gasteiger partial charge on any atom is 0.159 e. The first-order valence-electron chi connectivity index (χ1n) is 8.98. The highest BCUT2D eigenvalue weighted by Crippen LogP contribution is 2.64. The van der Waals surface area contributed by atoms with Gasteiger partial charge < -0.3 is 10.2 Å². The highest BCUT2D eigenvalue weighted by Gasteiger charge is 2.60. The average Bonchev–Trinajstić information content (AvgIpc) is 2.77. The third-order valence-electron chi connectivity index (χ3n) is 7.86. The summed E-state index contributed by atoms with van der Waals surface area (Å²) in [5, 5.41) is 20.4. The smallest absolute Gasteiger partial charge is 0.159 e. The van der Waals surface area contributed by atoms with Crippen molar-refractivity contribution in [3.8, 4) is 0 Å². The van der Waals surface area contributed by atoms with Crippen LogP contribution in [0, 0.1) is 28.6 Å². The van der Waals surface area contributed by atoms with Crippen molar-refractivity contribution in [2.45, 2.75) is 71.0 Å². The lowest BCUT2D eigenvalue weighted by Gasteiger charge is -2.57. The molecule has 0 aliphatic heterocycles. The zero-order chi connectivity index (χ0) is 15.7. The molecule has 0 bridgehead atoms. The molecule has 4 aliphatic carbocycles. The lowest BCUT2D eigenvalue weighted by Crippen LogP contribution is -2.53. The van der Waals surface area contributed by atoms with Gasteiger partial charge in [0.15, 0.2) is 5.78 Å². The molecule has 122 valence electrons. The zero-order valence-electron chi connectivity index (χ0n) is 13.7. The van der Waals surface area contributed by atoms with Gasteiger partial charge in [-0.1, -0.05) is 13.8 Å². The van der Waals surface area contributed by atoms with Crippen molar-refractivity contribution in [2.75, 3.05) is 0 Å². The summed E-state index contributed by atoms with van der Waals surface area (Å²) in [4.78, 5) is 12.8. The Morgan fingerprint density at radius 3 is 2.59 bits per heavy atom. The number of Topliss-reactive ketones (excluding diaryl/α,β-unsaturated/α-hetero) is 1. The Kier molecular flexibility index (Phi) is 3.16. The summed E-state index contributed by atoms with van der Waals surface area (Å²) in [5.74, 6) is 1.73. The minimum absolute atomic E-state index is 0.0210. The van der Waals surface area contributed by atoms with E-state index in [0.717, 1.165) is 44.1 Å². The molecule has 0 radical (unpaired) electrons. The summed E-state index contributed by atoms with van der Waals surface area (Å²) in [5.41, 5.74) is 0.885. The number of carbonyl (C=O) groups is 1. The molecule has 4 aliphatic rings. The van der Waals surface area contributed by atoms with Gasteiger partial charge in [-0.3, -0.25) is 4.79 Å². The first kappa shape index (κ1) is 14.9. The van der Waals surface area contributed by atoms with E-state index in [2.05, 4.69) is 13.8 Å². The molecule has 7 atom stereocenters. The van der Waals surface area contributed by atoms with Crippen LogP contribution in [0.1, 0.15) is 58.8 Å². The van der Waals surface area contributed by atoms with Gasteiger partial charge in [0.1, 0.15) is 0 Å².